The van der Waals surface area contributed by atoms with Crippen LogP contribution in [0.15, 0.2) is 48.8 Å². The van der Waals surface area contributed by atoms with Crippen LogP contribution in [0.5, 0.6) is 0 Å². The highest BCUT2D eigenvalue weighted by molar-refractivity contribution is 6.00. The van der Waals surface area contributed by atoms with Crippen molar-refractivity contribution in [2.75, 3.05) is 10.6 Å². The van der Waals surface area contributed by atoms with Gasteiger partial charge in [-0.2, -0.15) is 13.2 Å². The standard InChI is InChI=1S/C17H15F2N3O.C14H15F4N3O/c1-4-17(2,3)22-16(23)14-9-12(19)10-20-15(14)21-13-7-5-11(18)6-8-13;1-5-13(3,4)21-12(22)10-6-9(15)7-19-11(10)20-8(2)14(16,17)18/h1,5-10H,2-3H3,(H,20,21)(H,22,23);1,6-8H,2-4H3,(H,19,20)(H,21,22). The molecule has 4 N–H and O–H groups in total. The monoisotopic (exact) mass is 632 g/mol. The van der Waals surface area contributed by atoms with Crippen molar-refractivity contribution in [3.05, 3.63) is 77.4 Å². The normalized spacial score (nSPS) is 11.9. The molecule has 1 unspecified atom stereocenters. The Balaban J connectivity index is 0.000000314. The van der Waals surface area contributed by atoms with Gasteiger partial charge in [0.1, 0.15) is 35.1 Å². The van der Waals surface area contributed by atoms with Gasteiger partial charge >= 0.3 is 6.18 Å². The molecule has 8 nitrogen and oxygen atoms in total. The lowest BCUT2D eigenvalue weighted by molar-refractivity contribution is -0.138. The molecule has 0 spiro atoms. The quantitative estimate of drug-likeness (QED) is 0.180. The highest BCUT2D eigenvalue weighted by Gasteiger charge is 2.37. The van der Waals surface area contributed by atoms with Crippen LogP contribution in [0.2, 0.25) is 0 Å². The maximum atomic E-state index is 13.5. The molecular formula is C31H30F6N6O2. The van der Waals surface area contributed by atoms with Crippen LogP contribution < -0.4 is 21.3 Å². The molecule has 238 valence electrons. The number of halogens is 6. The Morgan fingerprint density at radius 3 is 1.60 bits per heavy atom. The van der Waals surface area contributed by atoms with Gasteiger partial charge in [0.25, 0.3) is 11.8 Å². The van der Waals surface area contributed by atoms with Gasteiger partial charge in [0.2, 0.25) is 0 Å². The van der Waals surface area contributed by atoms with E-state index in [2.05, 4.69) is 37.8 Å². The predicted molar refractivity (Wildman–Crippen MR) is 158 cm³/mol. The summed E-state index contributed by atoms with van der Waals surface area (Å²) in [6, 6.07) is 5.36. The van der Waals surface area contributed by atoms with Crippen molar-refractivity contribution >= 4 is 29.1 Å². The Bertz CT molecular complexity index is 1610. The van der Waals surface area contributed by atoms with Gasteiger partial charge in [-0.1, -0.05) is 11.8 Å². The van der Waals surface area contributed by atoms with Crippen LogP contribution in [0.4, 0.5) is 43.7 Å². The van der Waals surface area contributed by atoms with Crippen LogP contribution in [0.3, 0.4) is 0 Å². The lowest BCUT2D eigenvalue weighted by Gasteiger charge is -2.22. The Kier molecular flexibility index (Phi) is 11.6. The second kappa shape index (κ2) is 14.5. The number of hydrogen-bond acceptors (Lipinski definition) is 6. The van der Waals surface area contributed by atoms with Crippen molar-refractivity contribution in [1.29, 1.82) is 0 Å². The molecule has 2 aromatic heterocycles. The van der Waals surface area contributed by atoms with Crippen molar-refractivity contribution < 1.29 is 35.9 Å². The second-order valence-corrected chi connectivity index (χ2v) is 10.6. The van der Waals surface area contributed by atoms with Crippen molar-refractivity contribution in [2.24, 2.45) is 0 Å². The van der Waals surface area contributed by atoms with Gasteiger partial charge < -0.3 is 21.3 Å². The van der Waals surface area contributed by atoms with E-state index in [1.165, 1.54) is 38.1 Å². The number of nitrogens with zero attached hydrogens (tertiary/aromatic N) is 2. The van der Waals surface area contributed by atoms with Crippen LogP contribution in [-0.4, -0.2) is 45.1 Å². The Labute approximate surface area is 256 Å². The van der Waals surface area contributed by atoms with Gasteiger partial charge in [-0.25, -0.2) is 23.1 Å². The summed E-state index contributed by atoms with van der Waals surface area (Å²) in [6.45, 7) is 7.18. The van der Waals surface area contributed by atoms with Crippen LogP contribution in [0, 0.1) is 42.1 Å². The number of hydrogen-bond donors (Lipinski definition) is 4. The van der Waals surface area contributed by atoms with Crippen molar-refractivity contribution in [3.63, 3.8) is 0 Å². The number of benzene rings is 1. The minimum absolute atomic E-state index is 0.00218. The molecule has 14 heteroatoms. The number of alkyl halides is 3. The Morgan fingerprint density at radius 2 is 1.18 bits per heavy atom. The summed E-state index contributed by atoms with van der Waals surface area (Å²) >= 11 is 0. The third-order valence-corrected chi connectivity index (χ3v) is 5.72. The van der Waals surface area contributed by atoms with E-state index < -0.39 is 52.6 Å². The number of carbonyl (C=O) groups excluding carboxylic acids is 2. The second-order valence-electron chi connectivity index (χ2n) is 10.6. The average Bonchev–Trinajstić information content (AvgIpc) is 2.95. The van der Waals surface area contributed by atoms with Gasteiger partial charge in [0.15, 0.2) is 0 Å². The summed E-state index contributed by atoms with van der Waals surface area (Å²) in [7, 11) is 0. The smallest absolute Gasteiger partial charge is 0.358 e. The molecule has 0 aliphatic carbocycles. The molecule has 45 heavy (non-hydrogen) atoms. The van der Waals surface area contributed by atoms with Gasteiger partial charge in [-0.05, 0) is 71.0 Å². The first kappa shape index (κ1) is 36.0. The summed E-state index contributed by atoms with van der Waals surface area (Å²) in [5.41, 5.74) is -1.79. The molecule has 0 aliphatic rings. The molecule has 2 amide bonds. The van der Waals surface area contributed by atoms with Crippen LogP contribution in [0.25, 0.3) is 0 Å². The molecule has 1 aromatic carbocycles. The zero-order valence-electron chi connectivity index (χ0n) is 24.8. The minimum atomic E-state index is -4.54. The first-order valence-corrected chi connectivity index (χ1v) is 13.0. The topological polar surface area (TPSA) is 108 Å². The van der Waals surface area contributed by atoms with E-state index in [0.29, 0.717) is 11.9 Å². The van der Waals surface area contributed by atoms with Crippen LogP contribution >= 0.6 is 0 Å². The highest BCUT2D eigenvalue weighted by Crippen LogP contribution is 2.25. The molecule has 0 fully saturated rings. The van der Waals surface area contributed by atoms with E-state index in [4.69, 9.17) is 12.8 Å². The number of nitrogens with one attached hydrogen (secondary N) is 4. The number of carbonyl (C=O) groups is 2. The zero-order valence-corrected chi connectivity index (χ0v) is 24.8. The van der Waals surface area contributed by atoms with E-state index >= 15 is 0 Å². The molecule has 0 aliphatic heterocycles. The summed E-state index contributed by atoms with van der Waals surface area (Å²) < 4.78 is 77.4. The maximum absolute atomic E-state index is 13.5. The van der Waals surface area contributed by atoms with Gasteiger partial charge in [0.05, 0.1) is 34.6 Å². The van der Waals surface area contributed by atoms with E-state index in [-0.39, 0.29) is 22.8 Å². The SMILES string of the molecule is C#CC(C)(C)NC(=O)c1cc(F)cnc1NC(C)C(F)(F)F.C#CC(C)(C)NC(=O)c1cc(F)cnc1Nc1ccc(F)cc1. The fraction of sp³-hybridized carbons (Fsp3) is 0.290. The molecular weight excluding hydrogens is 602 g/mol. The Morgan fingerprint density at radius 1 is 0.756 bits per heavy atom. The largest absolute Gasteiger partial charge is 0.408 e. The summed E-state index contributed by atoms with van der Waals surface area (Å²) in [4.78, 5) is 31.8. The van der Waals surface area contributed by atoms with Crippen molar-refractivity contribution in [1.82, 2.24) is 20.6 Å². The van der Waals surface area contributed by atoms with E-state index in [9.17, 15) is 35.9 Å². The van der Waals surface area contributed by atoms with Gasteiger partial charge in [-0.3, -0.25) is 9.59 Å². The van der Waals surface area contributed by atoms with Crippen LogP contribution in [-0.2, 0) is 0 Å². The third-order valence-electron chi connectivity index (χ3n) is 5.72. The lowest BCUT2D eigenvalue weighted by Crippen LogP contribution is -2.43. The number of aromatic nitrogens is 2. The molecule has 0 bridgehead atoms. The number of amides is 2. The number of anilines is 3. The molecule has 0 radical (unpaired) electrons. The van der Waals surface area contributed by atoms with Gasteiger partial charge in [-0.15, -0.1) is 12.8 Å². The summed E-state index contributed by atoms with van der Waals surface area (Å²) in [5, 5.41) is 9.90. The number of rotatable bonds is 8. The molecule has 3 rings (SSSR count). The first-order chi connectivity index (χ1) is 20.8. The number of terminal acetylenes is 2. The molecule has 2 heterocycles. The predicted octanol–water partition coefficient (Wildman–Crippen LogP) is 5.97. The molecule has 0 saturated heterocycles. The molecule has 3 aromatic rings. The van der Waals surface area contributed by atoms with Crippen molar-refractivity contribution in [3.8, 4) is 24.7 Å². The van der Waals surface area contributed by atoms with E-state index in [0.717, 1.165) is 25.3 Å². The fourth-order valence-electron chi connectivity index (χ4n) is 3.17. The van der Waals surface area contributed by atoms with E-state index in [1.807, 2.05) is 5.32 Å². The maximum Gasteiger partial charge on any atom is 0.408 e. The fourth-order valence-corrected chi connectivity index (χ4v) is 3.17. The number of pyridine rings is 2. The molecule has 1 atom stereocenters. The average molecular weight is 633 g/mol. The minimum Gasteiger partial charge on any atom is -0.358 e. The lowest BCUT2D eigenvalue weighted by atomic mass is 10.1. The third kappa shape index (κ3) is 11.1. The summed E-state index contributed by atoms with van der Waals surface area (Å²) in [6.07, 6.45) is 7.71. The van der Waals surface area contributed by atoms with E-state index in [1.54, 1.807) is 13.8 Å². The molecule has 0 saturated carbocycles. The zero-order chi connectivity index (χ0) is 34.2. The van der Waals surface area contributed by atoms with Crippen molar-refractivity contribution in [2.45, 2.75) is 57.9 Å². The van der Waals surface area contributed by atoms with Gasteiger partial charge in [0, 0.05) is 5.69 Å². The highest BCUT2D eigenvalue weighted by atomic mass is 19.4. The summed E-state index contributed by atoms with van der Waals surface area (Å²) in [5.74, 6) is 1.19. The first-order valence-electron chi connectivity index (χ1n) is 13.0. The van der Waals surface area contributed by atoms with Crippen LogP contribution in [0.1, 0.15) is 55.3 Å². The Hall–Kier alpha value is -5.24.